The molecule has 23 heavy (non-hydrogen) atoms. The molecule has 0 unspecified atom stereocenters. The van der Waals surface area contributed by atoms with Crippen molar-refractivity contribution in [3.63, 3.8) is 0 Å². The van der Waals surface area contributed by atoms with Gasteiger partial charge in [0.1, 0.15) is 0 Å². The van der Waals surface area contributed by atoms with Gasteiger partial charge in [-0.3, -0.25) is 4.68 Å². The Bertz CT molecular complexity index is 276. The van der Waals surface area contributed by atoms with Crippen molar-refractivity contribution in [3.8, 4) is 0 Å². The fourth-order valence-electron chi connectivity index (χ4n) is 1.59. The molecule has 0 saturated heterocycles. The summed E-state index contributed by atoms with van der Waals surface area (Å²) in [6.07, 6.45) is 9.30. The first-order valence-electron chi connectivity index (χ1n) is 8.61. The summed E-state index contributed by atoms with van der Waals surface area (Å²) in [6.45, 7) is 13.9. The van der Waals surface area contributed by atoms with Gasteiger partial charge in [-0.05, 0) is 27.1 Å². The summed E-state index contributed by atoms with van der Waals surface area (Å²) in [5.74, 6) is 0. The van der Waals surface area contributed by atoms with Crippen LogP contribution in [0.5, 0.6) is 0 Å². The van der Waals surface area contributed by atoms with Gasteiger partial charge in [0.2, 0.25) is 0 Å². The summed E-state index contributed by atoms with van der Waals surface area (Å²) < 4.78 is 1.93. The van der Waals surface area contributed by atoms with E-state index in [2.05, 4.69) is 41.9 Å². The minimum Gasteiger partial charge on any atom is -0.333 e. The van der Waals surface area contributed by atoms with Crippen LogP contribution >= 0.6 is 0 Å². The molecular formula is C17H42N6. The van der Waals surface area contributed by atoms with Crippen molar-refractivity contribution < 1.29 is 0 Å². The predicted molar refractivity (Wildman–Crippen MR) is 104 cm³/mol. The van der Waals surface area contributed by atoms with E-state index in [1.54, 1.807) is 0 Å². The highest BCUT2D eigenvalue weighted by molar-refractivity contribution is 4.92. The van der Waals surface area contributed by atoms with Crippen molar-refractivity contribution in [2.45, 2.75) is 65.8 Å². The summed E-state index contributed by atoms with van der Waals surface area (Å²) in [5, 5.41) is 8.12. The van der Waals surface area contributed by atoms with E-state index in [4.69, 9.17) is 5.73 Å². The van der Waals surface area contributed by atoms with Crippen LogP contribution in [0.1, 0.15) is 58.6 Å². The molecule has 0 radical (unpaired) electrons. The fourth-order valence-corrected chi connectivity index (χ4v) is 1.59. The highest BCUT2D eigenvalue weighted by Crippen LogP contribution is 2.04. The van der Waals surface area contributed by atoms with Crippen LogP contribution in [0, 0.1) is 0 Å². The average Bonchev–Trinajstić information content (AvgIpc) is 3.09. The van der Waals surface area contributed by atoms with Gasteiger partial charge in [0.15, 0.2) is 0 Å². The van der Waals surface area contributed by atoms with Crippen molar-refractivity contribution >= 4 is 0 Å². The molecule has 0 atom stereocenters. The Morgan fingerprint density at radius 2 is 1.52 bits per heavy atom. The highest BCUT2D eigenvalue weighted by Gasteiger charge is 1.98. The summed E-state index contributed by atoms with van der Waals surface area (Å²) in [5.41, 5.74) is 15.5. The van der Waals surface area contributed by atoms with Crippen molar-refractivity contribution in [2.24, 2.45) is 17.2 Å². The maximum absolute atomic E-state index is 5.45. The van der Waals surface area contributed by atoms with Gasteiger partial charge in [-0.25, -0.2) is 0 Å². The van der Waals surface area contributed by atoms with Crippen LogP contribution in [0.4, 0.5) is 0 Å². The van der Waals surface area contributed by atoms with Gasteiger partial charge in [-0.15, -0.1) is 18.3 Å². The van der Waals surface area contributed by atoms with Gasteiger partial charge in [0, 0.05) is 19.2 Å². The molecule has 6 N–H and O–H groups in total. The lowest BCUT2D eigenvalue weighted by molar-refractivity contribution is 0.521. The Morgan fingerprint density at radius 3 is 2.00 bits per heavy atom. The van der Waals surface area contributed by atoms with Crippen LogP contribution in [0.15, 0.2) is 19.4 Å². The minimum absolute atomic E-state index is 0.648. The van der Waals surface area contributed by atoms with E-state index < -0.39 is 0 Å². The molecular weight excluding hydrogens is 288 g/mol. The number of nitrogens with two attached hydrogens (primary N) is 3. The fraction of sp³-hybridized carbons (Fsp3) is 0.765. The van der Waals surface area contributed by atoms with E-state index in [1.165, 1.54) is 46.2 Å². The number of nitrogens with zero attached hydrogens (tertiary/aromatic N) is 3. The molecule has 0 bridgehead atoms. The molecule has 0 aliphatic heterocycles. The maximum atomic E-state index is 5.45. The monoisotopic (exact) mass is 330 g/mol. The number of aromatic nitrogens is 3. The lowest BCUT2D eigenvalue weighted by Gasteiger charge is -1.99. The van der Waals surface area contributed by atoms with Gasteiger partial charge in [0.25, 0.3) is 0 Å². The molecule has 0 spiro atoms. The molecule has 140 valence electrons. The van der Waals surface area contributed by atoms with E-state index in [-0.39, 0.29) is 0 Å². The van der Waals surface area contributed by atoms with Crippen LogP contribution in [-0.2, 0) is 13.0 Å². The molecule has 6 heteroatoms. The third kappa shape index (κ3) is 23.2. The number of hydrogen-bond acceptors (Lipinski definition) is 5. The van der Waals surface area contributed by atoms with Gasteiger partial charge < -0.3 is 17.2 Å². The maximum Gasteiger partial charge on any atom is 0.0839 e. The Hall–Kier alpha value is -1.24. The molecule has 1 rings (SSSR count). The van der Waals surface area contributed by atoms with Gasteiger partial charge in [-0.2, -0.15) is 0 Å². The van der Waals surface area contributed by atoms with E-state index in [0.717, 1.165) is 18.7 Å². The molecule has 0 saturated carbocycles. The second-order valence-corrected chi connectivity index (χ2v) is 3.93. The first-order valence-corrected chi connectivity index (χ1v) is 8.61. The third-order valence-electron chi connectivity index (χ3n) is 2.48. The predicted octanol–water partition coefficient (Wildman–Crippen LogP) is 2.73. The molecule has 6 nitrogen and oxygen atoms in total. The van der Waals surface area contributed by atoms with Gasteiger partial charge >= 0.3 is 0 Å². The van der Waals surface area contributed by atoms with Crippen LogP contribution < -0.4 is 17.2 Å². The molecule has 0 fully saturated rings. The zero-order chi connectivity index (χ0) is 18.9. The van der Waals surface area contributed by atoms with Crippen LogP contribution in [0.3, 0.4) is 0 Å². The molecule has 1 aromatic heterocycles. The Balaban J connectivity index is -0.000000196. The van der Waals surface area contributed by atoms with Gasteiger partial charge in [-0.1, -0.05) is 51.7 Å². The molecule has 1 aromatic rings. The summed E-state index contributed by atoms with van der Waals surface area (Å²) in [7, 11) is 3.00. The molecule has 0 aromatic carbocycles. The first kappa shape index (κ1) is 29.7. The smallest absolute Gasteiger partial charge is 0.0839 e. The molecule has 0 amide bonds. The SMILES string of the molecule is C=C.CC.CCCCCCCn1cc(CCN)nn1.CN.CN. The number of unbranched alkanes of at least 4 members (excludes halogenated alkanes) is 4. The normalized spacial score (nSPS) is 8.00. The standard InChI is InChI=1S/C11H22N4.C2H6.C2H4.2CH5N/c1-2-3-4-5-6-9-15-10-11(7-8-12)13-14-15;4*1-2/h10H,2-9,12H2,1H3;1-2H3;1-2H2;2*2H2,1H3. The average molecular weight is 331 g/mol. The van der Waals surface area contributed by atoms with E-state index in [1.807, 2.05) is 24.7 Å². The van der Waals surface area contributed by atoms with Gasteiger partial charge in [0.05, 0.1) is 5.69 Å². The van der Waals surface area contributed by atoms with Crippen LogP contribution in [0.25, 0.3) is 0 Å². The van der Waals surface area contributed by atoms with Crippen molar-refractivity contribution in [2.75, 3.05) is 20.6 Å². The topological polar surface area (TPSA) is 109 Å². The lowest BCUT2D eigenvalue weighted by atomic mass is 10.1. The zero-order valence-electron chi connectivity index (χ0n) is 16.2. The summed E-state index contributed by atoms with van der Waals surface area (Å²) in [6, 6.07) is 0. The van der Waals surface area contributed by atoms with Crippen molar-refractivity contribution in [3.05, 3.63) is 25.0 Å². The van der Waals surface area contributed by atoms with Crippen LogP contribution in [0.2, 0.25) is 0 Å². The number of hydrogen-bond donors (Lipinski definition) is 3. The van der Waals surface area contributed by atoms with E-state index in [9.17, 15) is 0 Å². The molecule has 1 heterocycles. The van der Waals surface area contributed by atoms with Crippen molar-refractivity contribution in [1.29, 1.82) is 0 Å². The van der Waals surface area contributed by atoms with E-state index in [0.29, 0.717) is 6.54 Å². The second kappa shape index (κ2) is 32.6. The summed E-state index contributed by atoms with van der Waals surface area (Å²) in [4.78, 5) is 0. The second-order valence-electron chi connectivity index (χ2n) is 3.93. The minimum atomic E-state index is 0.648. The number of rotatable bonds is 8. The zero-order valence-corrected chi connectivity index (χ0v) is 16.2. The van der Waals surface area contributed by atoms with E-state index >= 15 is 0 Å². The Labute approximate surface area is 144 Å². The largest absolute Gasteiger partial charge is 0.333 e. The van der Waals surface area contributed by atoms with Crippen LogP contribution in [-0.4, -0.2) is 35.6 Å². The Morgan fingerprint density at radius 1 is 1.00 bits per heavy atom. The molecule has 0 aliphatic carbocycles. The first-order chi connectivity index (χ1) is 11.4. The molecule has 0 aliphatic rings. The Kier molecular flexibility index (Phi) is 42.2. The third-order valence-corrected chi connectivity index (χ3v) is 2.48. The van der Waals surface area contributed by atoms with Crippen molar-refractivity contribution in [1.82, 2.24) is 15.0 Å². The quantitative estimate of drug-likeness (QED) is 0.501. The lowest BCUT2D eigenvalue weighted by Crippen LogP contribution is -2.02. The highest BCUT2D eigenvalue weighted by atomic mass is 15.4. The number of aryl methyl sites for hydroxylation is 1. The summed E-state index contributed by atoms with van der Waals surface area (Å²) >= 11 is 0.